The summed E-state index contributed by atoms with van der Waals surface area (Å²) >= 11 is 0. The van der Waals surface area contributed by atoms with Gasteiger partial charge >= 0.3 is 0 Å². The van der Waals surface area contributed by atoms with E-state index in [1.807, 2.05) is 0 Å². The summed E-state index contributed by atoms with van der Waals surface area (Å²) in [6.45, 7) is 4.98. The first-order valence-electron chi connectivity index (χ1n) is 7.69. The van der Waals surface area contributed by atoms with Crippen LogP contribution in [-0.4, -0.2) is 35.7 Å². The molecule has 1 saturated heterocycles. The SMILES string of the molecule is CC(CO)C1CCN([C@@H]2C[C@@H]2c2ccccc2)CC1. The lowest BCUT2D eigenvalue weighted by atomic mass is 9.86. The monoisotopic (exact) mass is 259 g/mol. The van der Waals surface area contributed by atoms with Crippen molar-refractivity contribution in [3.8, 4) is 0 Å². The van der Waals surface area contributed by atoms with Crippen molar-refractivity contribution in [3.05, 3.63) is 35.9 Å². The molecule has 1 aliphatic heterocycles. The zero-order chi connectivity index (χ0) is 13.2. The Morgan fingerprint density at radius 1 is 1.21 bits per heavy atom. The number of benzene rings is 1. The van der Waals surface area contributed by atoms with E-state index in [0.29, 0.717) is 12.5 Å². The third kappa shape index (κ3) is 2.85. The molecule has 1 N–H and O–H groups in total. The van der Waals surface area contributed by atoms with E-state index in [1.165, 1.54) is 37.9 Å². The Morgan fingerprint density at radius 2 is 1.89 bits per heavy atom. The number of hydrogen-bond acceptors (Lipinski definition) is 2. The minimum atomic E-state index is 0.348. The molecular weight excluding hydrogens is 234 g/mol. The molecule has 0 amide bonds. The number of aliphatic hydroxyl groups excluding tert-OH is 1. The zero-order valence-electron chi connectivity index (χ0n) is 11.8. The van der Waals surface area contributed by atoms with Gasteiger partial charge in [-0.1, -0.05) is 37.3 Å². The predicted octanol–water partition coefficient (Wildman–Crippen LogP) is 2.88. The van der Waals surface area contributed by atoms with Crippen LogP contribution in [0.25, 0.3) is 0 Å². The van der Waals surface area contributed by atoms with E-state index in [0.717, 1.165) is 17.9 Å². The smallest absolute Gasteiger partial charge is 0.0459 e. The largest absolute Gasteiger partial charge is 0.396 e. The summed E-state index contributed by atoms with van der Waals surface area (Å²) in [7, 11) is 0. The van der Waals surface area contributed by atoms with E-state index in [-0.39, 0.29) is 0 Å². The number of piperidine rings is 1. The summed E-state index contributed by atoms with van der Waals surface area (Å²) in [5.74, 6) is 1.98. The summed E-state index contributed by atoms with van der Waals surface area (Å²) in [5, 5.41) is 9.25. The van der Waals surface area contributed by atoms with Gasteiger partial charge in [-0.2, -0.15) is 0 Å². The van der Waals surface area contributed by atoms with Crippen LogP contribution in [0.4, 0.5) is 0 Å². The first-order valence-corrected chi connectivity index (χ1v) is 7.69. The maximum atomic E-state index is 9.25. The van der Waals surface area contributed by atoms with Crippen LogP contribution in [0.1, 0.15) is 37.7 Å². The maximum absolute atomic E-state index is 9.25. The number of hydrogen-bond donors (Lipinski definition) is 1. The Morgan fingerprint density at radius 3 is 2.53 bits per heavy atom. The fourth-order valence-corrected chi connectivity index (χ4v) is 3.61. The molecule has 2 aliphatic rings. The number of rotatable bonds is 4. The highest BCUT2D eigenvalue weighted by atomic mass is 16.3. The van der Waals surface area contributed by atoms with Crippen molar-refractivity contribution in [2.75, 3.05) is 19.7 Å². The molecule has 0 aromatic heterocycles. The van der Waals surface area contributed by atoms with Gasteiger partial charge in [0.2, 0.25) is 0 Å². The van der Waals surface area contributed by atoms with E-state index in [9.17, 15) is 5.11 Å². The van der Waals surface area contributed by atoms with Gasteiger partial charge in [0.05, 0.1) is 0 Å². The predicted molar refractivity (Wildman–Crippen MR) is 78.1 cm³/mol. The molecule has 1 aromatic carbocycles. The van der Waals surface area contributed by atoms with Gasteiger partial charge in [-0.05, 0) is 49.8 Å². The van der Waals surface area contributed by atoms with Gasteiger partial charge in [0, 0.05) is 18.6 Å². The van der Waals surface area contributed by atoms with Crippen molar-refractivity contribution < 1.29 is 5.11 Å². The lowest BCUT2D eigenvalue weighted by Gasteiger charge is -2.34. The van der Waals surface area contributed by atoms with Crippen LogP contribution >= 0.6 is 0 Å². The Hall–Kier alpha value is -0.860. The summed E-state index contributed by atoms with van der Waals surface area (Å²) in [6, 6.07) is 11.7. The minimum Gasteiger partial charge on any atom is -0.396 e. The molecule has 0 radical (unpaired) electrons. The van der Waals surface area contributed by atoms with Gasteiger partial charge in [0.1, 0.15) is 0 Å². The molecule has 0 spiro atoms. The quantitative estimate of drug-likeness (QED) is 0.898. The highest BCUT2D eigenvalue weighted by molar-refractivity contribution is 5.27. The Labute approximate surface area is 116 Å². The lowest BCUT2D eigenvalue weighted by Crippen LogP contribution is -2.38. The van der Waals surface area contributed by atoms with E-state index >= 15 is 0 Å². The van der Waals surface area contributed by atoms with Crippen molar-refractivity contribution in [1.29, 1.82) is 0 Å². The summed E-state index contributed by atoms with van der Waals surface area (Å²) < 4.78 is 0. The number of likely N-dealkylation sites (tertiary alicyclic amines) is 1. The summed E-state index contributed by atoms with van der Waals surface area (Å²) in [4.78, 5) is 2.68. The highest BCUT2D eigenvalue weighted by Gasteiger charge is 2.43. The van der Waals surface area contributed by atoms with Crippen LogP contribution < -0.4 is 0 Å². The normalized spacial score (nSPS) is 30.2. The van der Waals surface area contributed by atoms with Gasteiger partial charge in [-0.25, -0.2) is 0 Å². The van der Waals surface area contributed by atoms with Gasteiger partial charge in [-0.15, -0.1) is 0 Å². The molecule has 1 aromatic rings. The average Bonchev–Trinajstić information content (AvgIpc) is 3.28. The van der Waals surface area contributed by atoms with Crippen molar-refractivity contribution >= 4 is 0 Å². The molecule has 19 heavy (non-hydrogen) atoms. The van der Waals surface area contributed by atoms with Crippen LogP contribution in [0.2, 0.25) is 0 Å². The van der Waals surface area contributed by atoms with E-state index < -0.39 is 0 Å². The van der Waals surface area contributed by atoms with E-state index in [2.05, 4.69) is 42.2 Å². The molecule has 2 nitrogen and oxygen atoms in total. The van der Waals surface area contributed by atoms with Gasteiger partial charge in [-0.3, -0.25) is 4.90 Å². The Kier molecular flexibility index (Phi) is 3.90. The molecular formula is C17H25NO. The van der Waals surface area contributed by atoms with Crippen LogP contribution in [0, 0.1) is 11.8 Å². The van der Waals surface area contributed by atoms with Crippen molar-refractivity contribution in [2.24, 2.45) is 11.8 Å². The lowest BCUT2D eigenvalue weighted by molar-refractivity contribution is 0.111. The fourth-order valence-electron chi connectivity index (χ4n) is 3.61. The van der Waals surface area contributed by atoms with Crippen LogP contribution in [-0.2, 0) is 0 Å². The molecule has 2 fully saturated rings. The average molecular weight is 259 g/mol. The van der Waals surface area contributed by atoms with Crippen molar-refractivity contribution in [2.45, 2.75) is 38.1 Å². The number of nitrogens with zero attached hydrogens (tertiary/aromatic N) is 1. The topological polar surface area (TPSA) is 23.5 Å². The molecule has 1 unspecified atom stereocenters. The van der Waals surface area contributed by atoms with Crippen LogP contribution in [0.15, 0.2) is 30.3 Å². The van der Waals surface area contributed by atoms with Gasteiger partial charge < -0.3 is 5.11 Å². The first-order chi connectivity index (χ1) is 9.29. The van der Waals surface area contributed by atoms with E-state index in [1.54, 1.807) is 0 Å². The fraction of sp³-hybridized carbons (Fsp3) is 0.647. The maximum Gasteiger partial charge on any atom is 0.0459 e. The van der Waals surface area contributed by atoms with Crippen molar-refractivity contribution in [1.82, 2.24) is 4.90 Å². The van der Waals surface area contributed by atoms with Gasteiger partial charge in [0.15, 0.2) is 0 Å². The Bertz CT molecular complexity index is 397. The first kappa shape index (κ1) is 13.1. The number of aliphatic hydroxyl groups is 1. The minimum absolute atomic E-state index is 0.348. The second-order valence-electron chi connectivity index (χ2n) is 6.35. The molecule has 1 aliphatic carbocycles. The Balaban J connectivity index is 1.51. The standard InChI is InChI=1S/C17H25NO/c1-13(12-19)14-7-9-18(10-8-14)17-11-16(17)15-5-3-2-4-6-15/h2-6,13-14,16-17,19H,7-12H2,1H3/t13?,16-,17-/m1/s1. The molecule has 1 saturated carbocycles. The second-order valence-corrected chi connectivity index (χ2v) is 6.35. The third-order valence-corrected chi connectivity index (χ3v) is 5.12. The molecule has 104 valence electrons. The molecule has 3 rings (SSSR count). The van der Waals surface area contributed by atoms with E-state index in [4.69, 9.17) is 0 Å². The van der Waals surface area contributed by atoms with Crippen LogP contribution in [0.5, 0.6) is 0 Å². The second kappa shape index (κ2) is 5.64. The molecule has 3 atom stereocenters. The summed E-state index contributed by atoms with van der Waals surface area (Å²) in [5.41, 5.74) is 1.51. The molecule has 2 heteroatoms. The highest BCUT2D eigenvalue weighted by Crippen LogP contribution is 2.45. The molecule has 1 heterocycles. The van der Waals surface area contributed by atoms with Gasteiger partial charge in [0.25, 0.3) is 0 Å². The molecule has 0 bridgehead atoms. The summed E-state index contributed by atoms with van der Waals surface area (Å²) in [6.07, 6.45) is 3.86. The van der Waals surface area contributed by atoms with Crippen molar-refractivity contribution in [3.63, 3.8) is 0 Å². The van der Waals surface area contributed by atoms with Crippen LogP contribution in [0.3, 0.4) is 0 Å². The zero-order valence-corrected chi connectivity index (χ0v) is 11.8. The third-order valence-electron chi connectivity index (χ3n) is 5.12.